The molecule has 1 N–H and O–H groups in total. The van der Waals surface area contributed by atoms with E-state index in [9.17, 15) is 13.6 Å². The zero-order valence-corrected chi connectivity index (χ0v) is 12.6. The van der Waals surface area contributed by atoms with E-state index in [0.29, 0.717) is 19.1 Å². The summed E-state index contributed by atoms with van der Waals surface area (Å²) in [5, 5.41) is 2.90. The van der Waals surface area contributed by atoms with E-state index in [4.69, 9.17) is 4.74 Å². The number of nitrogens with zero attached hydrogens (tertiary/aromatic N) is 1. The van der Waals surface area contributed by atoms with Gasteiger partial charge < -0.3 is 10.1 Å². The predicted molar refractivity (Wildman–Crippen MR) is 73.9 cm³/mol. The largest absolute Gasteiger partial charge is 0.466 e. The van der Waals surface area contributed by atoms with Crippen LogP contribution in [0.1, 0.15) is 33.6 Å². The Morgan fingerprint density at radius 2 is 2.10 bits per heavy atom. The van der Waals surface area contributed by atoms with E-state index in [2.05, 4.69) is 24.1 Å². The number of hydrogen-bond donors (Lipinski definition) is 1. The summed E-state index contributed by atoms with van der Waals surface area (Å²) in [7, 11) is 0. The maximum absolute atomic E-state index is 12.3. The topological polar surface area (TPSA) is 41.6 Å². The summed E-state index contributed by atoms with van der Waals surface area (Å²) in [6.07, 6.45) is -1.23. The maximum atomic E-state index is 12.3. The van der Waals surface area contributed by atoms with Crippen LogP contribution in [0.25, 0.3) is 0 Å². The summed E-state index contributed by atoms with van der Waals surface area (Å²) < 4.78 is 29.6. The summed E-state index contributed by atoms with van der Waals surface area (Å²) in [5.41, 5.74) is 0. The normalized spacial score (nSPS) is 24.4. The van der Waals surface area contributed by atoms with Gasteiger partial charge in [0.15, 0.2) is 0 Å². The lowest BCUT2D eigenvalue weighted by Crippen LogP contribution is -2.52. The highest BCUT2D eigenvalue weighted by Gasteiger charge is 2.30. The molecule has 0 bridgehead atoms. The number of likely N-dealkylation sites (tertiary alicyclic amines) is 1. The van der Waals surface area contributed by atoms with Crippen LogP contribution in [-0.2, 0) is 9.53 Å². The van der Waals surface area contributed by atoms with Gasteiger partial charge in [-0.2, -0.15) is 0 Å². The molecule has 1 aliphatic rings. The van der Waals surface area contributed by atoms with Crippen LogP contribution in [-0.4, -0.2) is 55.6 Å². The highest BCUT2D eigenvalue weighted by molar-refractivity contribution is 5.69. The Hall–Kier alpha value is -0.750. The average molecular weight is 292 g/mol. The minimum Gasteiger partial charge on any atom is -0.466 e. The first kappa shape index (κ1) is 17.3. The first-order valence-corrected chi connectivity index (χ1v) is 7.33. The second-order valence-corrected chi connectivity index (χ2v) is 5.65. The fraction of sp³-hybridized carbons (Fsp3) is 0.929. The Labute approximate surface area is 119 Å². The van der Waals surface area contributed by atoms with Crippen LogP contribution in [0.5, 0.6) is 0 Å². The Balaban J connectivity index is 2.53. The minimum atomic E-state index is -2.34. The van der Waals surface area contributed by atoms with Gasteiger partial charge in [-0.3, -0.25) is 9.69 Å². The third kappa shape index (κ3) is 6.13. The highest BCUT2D eigenvalue weighted by atomic mass is 19.3. The molecule has 1 aliphatic heterocycles. The molecular weight excluding hydrogens is 266 g/mol. The molecule has 0 aromatic rings. The van der Waals surface area contributed by atoms with Crippen molar-refractivity contribution in [1.82, 2.24) is 10.2 Å². The molecule has 0 amide bonds. The monoisotopic (exact) mass is 292 g/mol. The minimum absolute atomic E-state index is 0.0135. The van der Waals surface area contributed by atoms with Crippen molar-refractivity contribution in [2.75, 3.05) is 26.2 Å². The number of ether oxygens (including phenoxy) is 1. The molecule has 1 rings (SSSR count). The molecule has 1 saturated heterocycles. The van der Waals surface area contributed by atoms with Crippen LogP contribution < -0.4 is 5.32 Å². The predicted octanol–water partition coefficient (Wildman–Crippen LogP) is 1.89. The van der Waals surface area contributed by atoms with E-state index < -0.39 is 6.43 Å². The van der Waals surface area contributed by atoms with Crippen molar-refractivity contribution >= 4 is 5.97 Å². The van der Waals surface area contributed by atoms with E-state index in [1.807, 2.05) is 0 Å². The van der Waals surface area contributed by atoms with Crippen molar-refractivity contribution in [1.29, 1.82) is 0 Å². The second kappa shape index (κ2) is 8.52. The Morgan fingerprint density at radius 3 is 2.65 bits per heavy atom. The molecule has 4 nitrogen and oxygen atoms in total. The fourth-order valence-electron chi connectivity index (χ4n) is 2.67. The Morgan fingerprint density at radius 1 is 1.40 bits per heavy atom. The molecule has 0 aromatic carbocycles. The molecule has 2 unspecified atom stereocenters. The molecule has 0 radical (unpaired) electrons. The molecule has 0 saturated carbocycles. The molecule has 6 heteroatoms. The van der Waals surface area contributed by atoms with E-state index in [1.54, 1.807) is 6.92 Å². The van der Waals surface area contributed by atoms with Crippen LogP contribution in [0.3, 0.4) is 0 Å². The standard InChI is InChI=1S/C14H26F2N2O2/c1-4-20-14(19)6-11-5-12(17-7-13(15)16)9-18(8-11)10(2)3/h10-13,17H,4-9H2,1-3H3. The molecule has 1 heterocycles. The first-order valence-electron chi connectivity index (χ1n) is 7.33. The lowest BCUT2D eigenvalue weighted by Gasteiger charge is -2.40. The summed E-state index contributed by atoms with van der Waals surface area (Å²) in [6, 6.07) is 0.357. The number of esters is 1. The van der Waals surface area contributed by atoms with Crippen molar-refractivity contribution in [3.63, 3.8) is 0 Å². The number of piperidine rings is 1. The van der Waals surface area contributed by atoms with Gasteiger partial charge in [-0.1, -0.05) is 0 Å². The first-order chi connectivity index (χ1) is 9.42. The van der Waals surface area contributed by atoms with Gasteiger partial charge in [0.1, 0.15) is 0 Å². The third-order valence-corrected chi connectivity index (χ3v) is 3.62. The Bertz CT molecular complexity index is 301. The number of alkyl halides is 2. The smallest absolute Gasteiger partial charge is 0.306 e. The van der Waals surface area contributed by atoms with Crippen LogP contribution in [0.4, 0.5) is 8.78 Å². The van der Waals surface area contributed by atoms with Gasteiger partial charge in [-0.15, -0.1) is 0 Å². The van der Waals surface area contributed by atoms with Gasteiger partial charge in [0.05, 0.1) is 13.2 Å². The highest BCUT2D eigenvalue weighted by Crippen LogP contribution is 2.22. The number of halogens is 2. The molecule has 0 aliphatic carbocycles. The molecular formula is C14H26F2N2O2. The third-order valence-electron chi connectivity index (χ3n) is 3.62. The maximum Gasteiger partial charge on any atom is 0.306 e. The van der Waals surface area contributed by atoms with E-state index >= 15 is 0 Å². The second-order valence-electron chi connectivity index (χ2n) is 5.65. The molecule has 1 fully saturated rings. The molecule has 2 atom stereocenters. The number of hydrogen-bond acceptors (Lipinski definition) is 4. The number of carbonyl (C=O) groups is 1. The van der Waals surface area contributed by atoms with Gasteiger partial charge >= 0.3 is 5.97 Å². The number of rotatable bonds is 7. The van der Waals surface area contributed by atoms with Crippen LogP contribution in [0, 0.1) is 5.92 Å². The Kier molecular flexibility index (Phi) is 7.37. The molecule has 20 heavy (non-hydrogen) atoms. The lowest BCUT2D eigenvalue weighted by molar-refractivity contribution is -0.144. The number of carbonyl (C=O) groups excluding carboxylic acids is 1. The quantitative estimate of drug-likeness (QED) is 0.728. The van der Waals surface area contributed by atoms with E-state index in [0.717, 1.165) is 19.5 Å². The number of nitrogens with one attached hydrogen (secondary N) is 1. The van der Waals surface area contributed by atoms with Gasteiger partial charge in [-0.25, -0.2) is 8.78 Å². The van der Waals surface area contributed by atoms with Gasteiger partial charge in [-0.05, 0) is 33.1 Å². The lowest BCUT2D eigenvalue weighted by atomic mass is 9.90. The average Bonchev–Trinajstić information content (AvgIpc) is 2.36. The van der Waals surface area contributed by atoms with E-state index in [-0.39, 0.29) is 24.5 Å². The molecule has 118 valence electrons. The summed E-state index contributed by atoms with van der Waals surface area (Å²) in [4.78, 5) is 13.8. The summed E-state index contributed by atoms with van der Waals surface area (Å²) >= 11 is 0. The van der Waals surface area contributed by atoms with Gasteiger partial charge in [0.25, 0.3) is 6.43 Å². The molecule has 0 spiro atoms. The SMILES string of the molecule is CCOC(=O)CC1CC(NCC(F)F)CN(C(C)C)C1. The van der Waals surface area contributed by atoms with Crippen molar-refractivity contribution in [3.8, 4) is 0 Å². The van der Waals surface area contributed by atoms with Gasteiger partial charge in [0.2, 0.25) is 0 Å². The van der Waals surface area contributed by atoms with Crippen molar-refractivity contribution in [3.05, 3.63) is 0 Å². The van der Waals surface area contributed by atoms with Crippen molar-refractivity contribution in [2.45, 2.75) is 52.1 Å². The molecule has 0 aromatic heterocycles. The van der Waals surface area contributed by atoms with Crippen molar-refractivity contribution in [2.24, 2.45) is 5.92 Å². The van der Waals surface area contributed by atoms with Crippen LogP contribution in [0.2, 0.25) is 0 Å². The van der Waals surface area contributed by atoms with E-state index in [1.165, 1.54) is 0 Å². The zero-order chi connectivity index (χ0) is 15.1. The fourth-order valence-corrected chi connectivity index (χ4v) is 2.67. The summed E-state index contributed by atoms with van der Waals surface area (Å²) in [6.45, 7) is 7.61. The zero-order valence-electron chi connectivity index (χ0n) is 12.6. The van der Waals surface area contributed by atoms with Crippen LogP contribution >= 0.6 is 0 Å². The van der Waals surface area contributed by atoms with Gasteiger partial charge in [0, 0.05) is 31.6 Å². The van der Waals surface area contributed by atoms with Crippen LogP contribution in [0.15, 0.2) is 0 Å². The van der Waals surface area contributed by atoms with Crippen molar-refractivity contribution < 1.29 is 18.3 Å². The summed E-state index contributed by atoms with van der Waals surface area (Å²) in [5.74, 6) is -0.0314.